The van der Waals surface area contributed by atoms with E-state index in [1.165, 1.54) is 22.0 Å². The van der Waals surface area contributed by atoms with Crippen LogP contribution in [0.5, 0.6) is 0 Å². The van der Waals surface area contributed by atoms with Gasteiger partial charge in [0.1, 0.15) is 0 Å². The van der Waals surface area contributed by atoms with Crippen molar-refractivity contribution in [2.45, 2.75) is 57.1 Å². The summed E-state index contributed by atoms with van der Waals surface area (Å²) in [6, 6.07) is 7.80. The Labute approximate surface area is 188 Å². The van der Waals surface area contributed by atoms with Crippen LogP contribution in [0, 0.1) is 0 Å². The summed E-state index contributed by atoms with van der Waals surface area (Å²) in [7, 11) is -3.05. The third-order valence-corrected chi connectivity index (χ3v) is 8.11. The van der Waals surface area contributed by atoms with E-state index in [0.717, 1.165) is 12.0 Å². The lowest BCUT2D eigenvalue weighted by Crippen LogP contribution is -2.42. The first kappa shape index (κ1) is 23.6. The summed E-state index contributed by atoms with van der Waals surface area (Å²) in [5, 5.41) is 8.79. The van der Waals surface area contributed by atoms with Crippen LogP contribution in [-0.2, 0) is 20.0 Å². The van der Waals surface area contributed by atoms with E-state index in [9.17, 15) is 13.2 Å². The van der Waals surface area contributed by atoms with E-state index in [0.29, 0.717) is 23.9 Å². The van der Waals surface area contributed by atoms with Crippen LogP contribution in [0.2, 0.25) is 0 Å². The minimum Gasteiger partial charge on any atom is -0.338 e. The first-order valence-electron chi connectivity index (χ1n) is 10.5. The van der Waals surface area contributed by atoms with E-state index >= 15 is 0 Å². The second-order valence-electron chi connectivity index (χ2n) is 8.94. The fourth-order valence-corrected chi connectivity index (χ4v) is 6.15. The highest BCUT2D eigenvalue weighted by Gasteiger charge is 2.34. The Morgan fingerprint density at radius 2 is 1.94 bits per heavy atom. The summed E-state index contributed by atoms with van der Waals surface area (Å²) >= 11 is 1.21. The van der Waals surface area contributed by atoms with Crippen LogP contribution in [0.1, 0.15) is 46.1 Å². The molecular formula is C21H31N5O3S2. The number of amides is 1. The normalized spacial score (nSPS) is 18.3. The van der Waals surface area contributed by atoms with Gasteiger partial charge in [-0.15, -0.1) is 10.2 Å². The van der Waals surface area contributed by atoms with E-state index < -0.39 is 9.84 Å². The molecule has 2 heterocycles. The predicted octanol–water partition coefficient (Wildman–Crippen LogP) is 2.47. The highest BCUT2D eigenvalue weighted by molar-refractivity contribution is 7.99. The lowest BCUT2D eigenvalue weighted by molar-refractivity contribution is -0.130. The molecule has 1 aliphatic rings. The first-order valence-corrected chi connectivity index (χ1v) is 13.3. The Morgan fingerprint density at radius 3 is 2.48 bits per heavy atom. The molecule has 0 spiro atoms. The lowest BCUT2D eigenvalue weighted by atomic mass is 9.87. The fourth-order valence-electron chi connectivity index (χ4n) is 3.67. The van der Waals surface area contributed by atoms with Crippen LogP contribution in [0.25, 0.3) is 11.4 Å². The minimum absolute atomic E-state index is 0.0468. The number of rotatable bonds is 7. The number of benzene rings is 1. The van der Waals surface area contributed by atoms with E-state index in [4.69, 9.17) is 5.84 Å². The first-order chi connectivity index (χ1) is 14.5. The molecule has 2 aromatic rings. The van der Waals surface area contributed by atoms with Gasteiger partial charge in [-0.3, -0.25) is 4.79 Å². The molecule has 0 saturated carbocycles. The molecule has 1 aliphatic heterocycles. The number of hydrogen-bond donors (Lipinski definition) is 1. The predicted molar refractivity (Wildman–Crippen MR) is 124 cm³/mol. The molecule has 1 saturated heterocycles. The van der Waals surface area contributed by atoms with Crippen LogP contribution < -0.4 is 5.84 Å². The van der Waals surface area contributed by atoms with Crippen molar-refractivity contribution in [3.8, 4) is 11.4 Å². The third-order valence-electron chi connectivity index (χ3n) is 5.43. The molecule has 1 atom stereocenters. The van der Waals surface area contributed by atoms with Crippen molar-refractivity contribution in [1.82, 2.24) is 19.8 Å². The zero-order chi connectivity index (χ0) is 22.8. The number of thioether (sulfide) groups is 1. The maximum absolute atomic E-state index is 12.8. The molecule has 0 bridgehead atoms. The Balaban J connectivity index is 1.68. The van der Waals surface area contributed by atoms with Gasteiger partial charge < -0.3 is 10.7 Å². The second kappa shape index (κ2) is 9.20. The molecule has 0 aliphatic carbocycles. The van der Waals surface area contributed by atoms with Crippen LogP contribution in [0.4, 0.5) is 0 Å². The van der Waals surface area contributed by atoms with E-state index in [-0.39, 0.29) is 34.6 Å². The van der Waals surface area contributed by atoms with Crippen molar-refractivity contribution in [2.75, 3.05) is 29.6 Å². The Morgan fingerprint density at radius 1 is 1.26 bits per heavy atom. The van der Waals surface area contributed by atoms with E-state index in [2.05, 4.69) is 43.1 Å². The Bertz CT molecular complexity index is 1030. The van der Waals surface area contributed by atoms with Crippen LogP contribution in [0.15, 0.2) is 29.4 Å². The van der Waals surface area contributed by atoms with Gasteiger partial charge in [-0.05, 0) is 23.8 Å². The van der Waals surface area contributed by atoms with Gasteiger partial charge in [0.2, 0.25) is 11.1 Å². The van der Waals surface area contributed by atoms with Crippen LogP contribution in [0.3, 0.4) is 0 Å². The zero-order valence-electron chi connectivity index (χ0n) is 18.5. The highest BCUT2D eigenvalue weighted by atomic mass is 32.2. The number of nitrogen functional groups attached to an aromatic ring is 1. The van der Waals surface area contributed by atoms with Gasteiger partial charge in [0, 0.05) is 18.2 Å². The zero-order valence-corrected chi connectivity index (χ0v) is 20.2. The van der Waals surface area contributed by atoms with Gasteiger partial charge in [0.25, 0.3) is 0 Å². The molecule has 1 aromatic heterocycles. The Hall–Kier alpha value is -2.07. The maximum atomic E-state index is 12.8. The fraction of sp³-hybridized carbons (Fsp3) is 0.571. The number of nitrogens with zero attached hydrogens (tertiary/aromatic N) is 4. The number of aromatic nitrogens is 3. The summed E-state index contributed by atoms with van der Waals surface area (Å²) in [5.41, 5.74) is 2.12. The second-order valence-corrected chi connectivity index (χ2v) is 12.1. The van der Waals surface area contributed by atoms with Crippen molar-refractivity contribution in [1.29, 1.82) is 0 Å². The topological polar surface area (TPSA) is 111 Å². The molecular weight excluding hydrogens is 434 g/mol. The summed E-state index contributed by atoms with van der Waals surface area (Å²) < 4.78 is 25.1. The van der Waals surface area contributed by atoms with Gasteiger partial charge >= 0.3 is 0 Å². The highest BCUT2D eigenvalue weighted by Crippen LogP contribution is 2.27. The van der Waals surface area contributed by atoms with Gasteiger partial charge in [-0.25, -0.2) is 13.1 Å². The van der Waals surface area contributed by atoms with Crippen molar-refractivity contribution < 1.29 is 13.2 Å². The van der Waals surface area contributed by atoms with Crippen LogP contribution in [-0.4, -0.2) is 63.9 Å². The average molecular weight is 466 g/mol. The largest absolute Gasteiger partial charge is 0.338 e. The van der Waals surface area contributed by atoms with Crippen LogP contribution >= 0.6 is 11.8 Å². The number of hydrogen-bond acceptors (Lipinski definition) is 7. The van der Waals surface area contributed by atoms with Crippen molar-refractivity contribution in [3.63, 3.8) is 0 Å². The van der Waals surface area contributed by atoms with E-state index in [1.807, 2.05) is 19.1 Å². The molecule has 31 heavy (non-hydrogen) atoms. The standard InChI is InChI=1S/C21H31N5O3S2/c1-5-11-25(17-10-12-31(28,29)14-17)18(27)13-30-20-24-23-19(26(20)22)15-6-8-16(9-7-15)21(2,3)4/h6-9,17H,5,10-14,22H2,1-4H3/t17-/m0/s1. The summed E-state index contributed by atoms with van der Waals surface area (Å²) in [4.78, 5) is 14.5. The van der Waals surface area contributed by atoms with Crippen molar-refractivity contribution in [2.24, 2.45) is 0 Å². The SMILES string of the molecule is CCCN(C(=O)CSc1nnc(-c2ccc(C(C)(C)C)cc2)n1N)[C@H]1CCS(=O)(=O)C1. The molecule has 170 valence electrons. The number of carbonyl (C=O) groups is 1. The molecule has 0 radical (unpaired) electrons. The number of nitrogens with two attached hydrogens (primary N) is 1. The molecule has 1 amide bonds. The van der Waals surface area contributed by atoms with Crippen molar-refractivity contribution >= 4 is 27.5 Å². The molecule has 1 fully saturated rings. The number of sulfone groups is 1. The summed E-state index contributed by atoms with van der Waals surface area (Å²) in [5.74, 6) is 6.96. The van der Waals surface area contributed by atoms with Gasteiger partial charge in [-0.2, -0.15) is 0 Å². The monoisotopic (exact) mass is 465 g/mol. The van der Waals surface area contributed by atoms with E-state index in [1.54, 1.807) is 4.90 Å². The van der Waals surface area contributed by atoms with Crippen molar-refractivity contribution in [3.05, 3.63) is 29.8 Å². The molecule has 10 heteroatoms. The third kappa shape index (κ3) is 5.60. The Kier molecular flexibility index (Phi) is 7.00. The van der Waals surface area contributed by atoms with Gasteiger partial charge in [0.05, 0.1) is 17.3 Å². The molecule has 3 rings (SSSR count). The summed E-state index contributed by atoms with van der Waals surface area (Å²) in [6.45, 7) is 8.98. The quantitative estimate of drug-likeness (QED) is 0.494. The molecule has 2 N–H and O–H groups in total. The maximum Gasteiger partial charge on any atom is 0.233 e. The molecule has 0 unspecified atom stereocenters. The number of carbonyl (C=O) groups excluding carboxylic acids is 1. The smallest absolute Gasteiger partial charge is 0.233 e. The molecule has 1 aromatic carbocycles. The van der Waals surface area contributed by atoms with Gasteiger partial charge in [0.15, 0.2) is 15.7 Å². The average Bonchev–Trinajstić information content (AvgIpc) is 3.25. The lowest BCUT2D eigenvalue weighted by Gasteiger charge is -2.27. The minimum atomic E-state index is -3.05. The summed E-state index contributed by atoms with van der Waals surface area (Å²) in [6.07, 6.45) is 1.27. The molecule has 8 nitrogen and oxygen atoms in total. The van der Waals surface area contributed by atoms with Gasteiger partial charge in [-0.1, -0.05) is 63.7 Å².